The molecule has 0 aliphatic heterocycles. The van der Waals surface area contributed by atoms with E-state index in [4.69, 9.17) is 23.2 Å². The topological polar surface area (TPSA) is 32.3 Å². The molecule has 5 heteroatoms. The first-order valence-electron chi connectivity index (χ1n) is 6.49. The van der Waals surface area contributed by atoms with Crippen molar-refractivity contribution in [3.63, 3.8) is 0 Å². The van der Waals surface area contributed by atoms with Crippen LogP contribution in [0, 0.1) is 0 Å². The molecule has 2 N–H and O–H groups in total. The van der Waals surface area contributed by atoms with E-state index in [0.717, 1.165) is 17.5 Å². The number of nitrogens with one attached hydrogen (secondary N) is 1. The molecule has 0 amide bonds. The maximum atomic E-state index is 11.2. The second-order valence-corrected chi connectivity index (χ2v) is 6.83. The standard InChI is InChI=1S/C15H15Cl2NOS/c1-18-13-4-6-15(19,10-5-7-20-14(10)13)9-2-3-11(16)12(17)8-9/h2-3,5,7-8,13,18-19H,4,6H2,1H3. The lowest BCUT2D eigenvalue weighted by atomic mass is 9.77. The van der Waals surface area contributed by atoms with Crippen molar-refractivity contribution < 1.29 is 5.11 Å². The third kappa shape index (κ3) is 2.18. The lowest BCUT2D eigenvalue weighted by molar-refractivity contribution is 0.0566. The van der Waals surface area contributed by atoms with Crippen molar-refractivity contribution >= 4 is 34.5 Å². The van der Waals surface area contributed by atoms with E-state index >= 15 is 0 Å². The van der Waals surface area contributed by atoms with Gasteiger partial charge in [0.05, 0.1) is 10.0 Å². The van der Waals surface area contributed by atoms with E-state index in [-0.39, 0.29) is 0 Å². The molecule has 1 aliphatic rings. The minimum atomic E-state index is -0.975. The first-order valence-corrected chi connectivity index (χ1v) is 8.13. The Balaban J connectivity index is 2.11. The summed E-state index contributed by atoms with van der Waals surface area (Å²) in [7, 11) is 1.96. The highest BCUT2D eigenvalue weighted by atomic mass is 35.5. The number of halogens is 2. The predicted octanol–water partition coefficient (Wildman–Crippen LogP) is 4.35. The fourth-order valence-corrected chi connectivity index (χ4v) is 4.29. The monoisotopic (exact) mass is 327 g/mol. The van der Waals surface area contributed by atoms with E-state index in [1.165, 1.54) is 4.88 Å². The van der Waals surface area contributed by atoms with E-state index in [2.05, 4.69) is 5.32 Å². The molecule has 0 spiro atoms. The molecule has 0 bridgehead atoms. The summed E-state index contributed by atoms with van der Waals surface area (Å²) in [5.74, 6) is 0. The van der Waals surface area contributed by atoms with Gasteiger partial charge in [-0.2, -0.15) is 0 Å². The van der Waals surface area contributed by atoms with Gasteiger partial charge in [0.1, 0.15) is 5.60 Å². The Morgan fingerprint density at radius 1 is 1.30 bits per heavy atom. The third-order valence-electron chi connectivity index (χ3n) is 4.00. The summed E-state index contributed by atoms with van der Waals surface area (Å²) in [5, 5.41) is 17.5. The lowest BCUT2D eigenvalue weighted by Gasteiger charge is -2.36. The minimum Gasteiger partial charge on any atom is -0.380 e. The number of hydrogen-bond acceptors (Lipinski definition) is 3. The molecule has 1 aromatic carbocycles. The van der Waals surface area contributed by atoms with Gasteiger partial charge in [0.25, 0.3) is 0 Å². The average Bonchev–Trinajstić information content (AvgIpc) is 2.93. The van der Waals surface area contributed by atoms with Crippen LogP contribution < -0.4 is 5.32 Å². The number of hydrogen-bond donors (Lipinski definition) is 2. The zero-order valence-electron chi connectivity index (χ0n) is 11.0. The summed E-state index contributed by atoms with van der Waals surface area (Å²) in [6, 6.07) is 7.69. The molecule has 1 aliphatic carbocycles. The fraction of sp³-hybridized carbons (Fsp3) is 0.333. The molecular formula is C15H15Cl2NOS. The molecule has 1 aromatic heterocycles. The van der Waals surface area contributed by atoms with Crippen LogP contribution >= 0.6 is 34.5 Å². The Labute approximate surface area is 132 Å². The van der Waals surface area contributed by atoms with E-state index in [1.807, 2.05) is 24.6 Å². The quantitative estimate of drug-likeness (QED) is 0.859. The molecule has 0 radical (unpaired) electrons. The van der Waals surface area contributed by atoms with Gasteiger partial charge in [-0.1, -0.05) is 29.3 Å². The first kappa shape index (κ1) is 14.4. The van der Waals surface area contributed by atoms with Crippen molar-refractivity contribution in [3.8, 4) is 0 Å². The van der Waals surface area contributed by atoms with Crippen molar-refractivity contribution in [2.75, 3.05) is 7.05 Å². The van der Waals surface area contributed by atoms with Crippen LogP contribution in [0.2, 0.25) is 10.0 Å². The molecule has 3 rings (SSSR count). The van der Waals surface area contributed by atoms with Crippen LogP contribution in [-0.4, -0.2) is 12.2 Å². The second kappa shape index (κ2) is 5.32. The second-order valence-electron chi connectivity index (χ2n) is 5.07. The molecule has 20 heavy (non-hydrogen) atoms. The normalized spacial score (nSPS) is 25.5. The minimum absolute atomic E-state index is 0.313. The highest BCUT2D eigenvalue weighted by Crippen LogP contribution is 2.47. The van der Waals surface area contributed by atoms with Gasteiger partial charge in [-0.3, -0.25) is 0 Å². The molecule has 0 fully saturated rings. The molecule has 106 valence electrons. The lowest BCUT2D eigenvalue weighted by Crippen LogP contribution is -2.35. The van der Waals surface area contributed by atoms with E-state index in [1.54, 1.807) is 23.5 Å². The van der Waals surface area contributed by atoms with Gasteiger partial charge < -0.3 is 10.4 Å². The van der Waals surface area contributed by atoms with Crippen LogP contribution in [-0.2, 0) is 5.60 Å². The van der Waals surface area contributed by atoms with Crippen LogP contribution in [0.4, 0.5) is 0 Å². The SMILES string of the molecule is CNC1CCC(O)(c2ccc(Cl)c(Cl)c2)c2ccsc21. The number of fused-ring (bicyclic) bond motifs is 1. The van der Waals surface area contributed by atoms with Gasteiger partial charge in [-0.15, -0.1) is 11.3 Å². The van der Waals surface area contributed by atoms with Crippen LogP contribution in [0.5, 0.6) is 0 Å². The first-order chi connectivity index (χ1) is 9.56. The number of benzene rings is 1. The van der Waals surface area contributed by atoms with Crippen LogP contribution in [0.3, 0.4) is 0 Å². The highest BCUT2D eigenvalue weighted by molar-refractivity contribution is 7.10. The molecule has 2 aromatic rings. The van der Waals surface area contributed by atoms with Crippen molar-refractivity contribution in [3.05, 3.63) is 55.7 Å². The zero-order chi connectivity index (χ0) is 14.3. The summed E-state index contributed by atoms with van der Waals surface area (Å²) in [6.07, 6.45) is 1.56. The Bertz CT molecular complexity index is 643. The molecule has 1 heterocycles. The summed E-state index contributed by atoms with van der Waals surface area (Å²) >= 11 is 13.7. The van der Waals surface area contributed by atoms with Crippen molar-refractivity contribution in [1.29, 1.82) is 0 Å². The Morgan fingerprint density at radius 2 is 2.10 bits per heavy atom. The molecule has 0 saturated carbocycles. The maximum Gasteiger partial charge on any atom is 0.116 e. The van der Waals surface area contributed by atoms with Crippen LogP contribution in [0.15, 0.2) is 29.6 Å². The molecule has 2 unspecified atom stereocenters. The maximum absolute atomic E-state index is 11.2. The number of aliphatic hydroxyl groups is 1. The number of thiophene rings is 1. The van der Waals surface area contributed by atoms with E-state index < -0.39 is 5.60 Å². The molecule has 2 atom stereocenters. The zero-order valence-corrected chi connectivity index (χ0v) is 13.3. The van der Waals surface area contributed by atoms with Crippen molar-refractivity contribution in [1.82, 2.24) is 5.32 Å². The summed E-state index contributed by atoms with van der Waals surface area (Å²) < 4.78 is 0. The smallest absolute Gasteiger partial charge is 0.116 e. The van der Waals surface area contributed by atoms with Gasteiger partial charge in [-0.05, 0) is 49.0 Å². The van der Waals surface area contributed by atoms with Gasteiger partial charge in [0, 0.05) is 16.5 Å². The Kier molecular flexibility index (Phi) is 3.82. The number of rotatable bonds is 2. The highest BCUT2D eigenvalue weighted by Gasteiger charge is 2.40. The van der Waals surface area contributed by atoms with Crippen molar-refractivity contribution in [2.45, 2.75) is 24.5 Å². The Morgan fingerprint density at radius 3 is 2.80 bits per heavy atom. The molecule has 2 nitrogen and oxygen atoms in total. The summed E-state index contributed by atoms with van der Waals surface area (Å²) in [5.41, 5.74) is 0.810. The summed E-state index contributed by atoms with van der Waals surface area (Å²) in [6.45, 7) is 0. The predicted molar refractivity (Wildman–Crippen MR) is 84.8 cm³/mol. The molecule has 0 saturated heterocycles. The van der Waals surface area contributed by atoms with Crippen LogP contribution in [0.1, 0.15) is 34.9 Å². The van der Waals surface area contributed by atoms with Gasteiger partial charge >= 0.3 is 0 Å². The fourth-order valence-electron chi connectivity index (χ4n) is 2.88. The van der Waals surface area contributed by atoms with Crippen molar-refractivity contribution in [2.24, 2.45) is 0 Å². The summed E-state index contributed by atoms with van der Waals surface area (Å²) in [4.78, 5) is 1.20. The van der Waals surface area contributed by atoms with Gasteiger partial charge in [0.15, 0.2) is 0 Å². The largest absolute Gasteiger partial charge is 0.380 e. The Hall–Kier alpha value is -0.580. The third-order valence-corrected chi connectivity index (χ3v) is 5.77. The average molecular weight is 328 g/mol. The van der Waals surface area contributed by atoms with Gasteiger partial charge in [-0.25, -0.2) is 0 Å². The van der Waals surface area contributed by atoms with Gasteiger partial charge in [0.2, 0.25) is 0 Å². The van der Waals surface area contributed by atoms with Crippen LogP contribution in [0.25, 0.3) is 0 Å². The van der Waals surface area contributed by atoms with E-state index in [0.29, 0.717) is 22.5 Å². The van der Waals surface area contributed by atoms with E-state index in [9.17, 15) is 5.11 Å². The molecular weight excluding hydrogens is 313 g/mol.